The van der Waals surface area contributed by atoms with Gasteiger partial charge in [-0.2, -0.15) is 5.26 Å². The van der Waals surface area contributed by atoms with Crippen LogP contribution in [0.4, 0.5) is 0 Å². The van der Waals surface area contributed by atoms with E-state index >= 15 is 0 Å². The van der Waals surface area contributed by atoms with Crippen LogP contribution in [0.15, 0.2) is 30.3 Å². The molecule has 0 spiro atoms. The quantitative estimate of drug-likeness (QED) is 0.781. The number of nitrogens with zero attached hydrogens (tertiary/aromatic N) is 1. The number of rotatable bonds is 5. The van der Waals surface area contributed by atoms with Crippen LogP contribution in [0.3, 0.4) is 0 Å². The zero-order chi connectivity index (χ0) is 14.3. The molecule has 0 aliphatic heterocycles. The molecule has 98 valence electrons. The summed E-state index contributed by atoms with van der Waals surface area (Å²) in [5.74, 6) is -1.94. The normalized spacial score (nSPS) is 11.8. The number of aliphatic carboxylic acids is 1. The second-order valence-electron chi connectivity index (χ2n) is 4.06. The molecule has 0 fully saturated rings. The number of amides is 1. The molecule has 2 N–H and O–H groups in total. The van der Waals surface area contributed by atoms with E-state index in [0.717, 1.165) is 5.56 Å². The minimum Gasteiger partial charge on any atom is -0.481 e. The van der Waals surface area contributed by atoms with Crippen molar-refractivity contribution in [2.75, 3.05) is 6.54 Å². The van der Waals surface area contributed by atoms with E-state index < -0.39 is 11.9 Å². The zero-order valence-corrected chi connectivity index (χ0v) is 10.5. The molecule has 0 saturated heterocycles. The van der Waals surface area contributed by atoms with Gasteiger partial charge in [0.25, 0.3) is 0 Å². The zero-order valence-electron chi connectivity index (χ0n) is 10.5. The predicted octanol–water partition coefficient (Wildman–Crippen LogP) is 1.41. The highest BCUT2D eigenvalue weighted by Crippen LogP contribution is 2.05. The van der Waals surface area contributed by atoms with Gasteiger partial charge in [-0.05, 0) is 23.8 Å². The van der Waals surface area contributed by atoms with E-state index in [-0.39, 0.29) is 12.5 Å². The number of carboxylic acids is 1. The third-order valence-corrected chi connectivity index (χ3v) is 2.45. The number of benzene rings is 1. The number of carbonyl (C=O) groups is 2. The van der Waals surface area contributed by atoms with Crippen molar-refractivity contribution in [3.05, 3.63) is 41.5 Å². The second kappa shape index (κ2) is 6.97. The highest BCUT2D eigenvalue weighted by atomic mass is 16.4. The molecule has 0 bridgehead atoms. The van der Waals surface area contributed by atoms with E-state index in [2.05, 4.69) is 5.32 Å². The van der Waals surface area contributed by atoms with Crippen molar-refractivity contribution < 1.29 is 14.7 Å². The van der Waals surface area contributed by atoms with Crippen molar-refractivity contribution in [1.29, 1.82) is 5.26 Å². The Labute approximate surface area is 111 Å². The Hall–Kier alpha value is -2.61. The third-order valence-electron chi connectivity index (χ3n) is 2.45. The Morgan fingerprint density at radius 2 is 2.26 bits per heavy atom. The summed E-state index contributed by atoms with van der Waals surface area (Å²) in [4.78, 5) is 22.0. The van der Waals surface area contributed by atoms with Crippen LogP contribution < -0.4 is 5.32 Å². The molecule has 0 heterocycles. The lowest BCUT2D eigenvalue weighted by atomic mass is 10.1. The Morgan fingerprint density at radius 3 is 2.89 bits per heavy atom. The monoisotopic (exact) mass is 258 g/mol. The summed E-state index contributed by atoms with van der Waals surface area (Å²) < 4.78 is 0. The minimum absolute atomic E-state index is 0.0801. The molecular weight excluding hydrogens is 244 g/mol. The summed E-state index contributed by atoms with van der Waals surface area (Å²) in [6.45, 7) is 1.60. The van der Waals surface area contributed by atoms with Gasteiger partial charge in [-0.25, -0.2) is 0 Å². The molecule has 1 unspecified atom stereocenters. The van der Waals surface area contributed by atoms with E-state index in [9.17, 15) is 9.59 Å². The molecule has 1 aromatic rings. The van der Waals surface area contributed by atoms with Gasteiger partial charge >= 0.3 is 5.97 Å². The average Bonchev–Trinajstić information content (AvgIpc) is 2.42. The number of nitriles is 1. The van der Waals surface area contributed by atoms with Crippen molar-refractivity contribution >= 4 is 18.0 Å². The van der Waals surface area contributed by atoms with E-state index in [1.807, 2.05) is 6.07 Å². The van der Waals surface area contributed by atoms with Crippen molar-refractivity contribution in [3.63, 3.8) is 0 Å². The molecule has 0 aliphatic rings. The molecule has 1 rings (SSSR count). The predicted molar refractivity (Wildman–Crippen MR) is 70.0 cm³/mol. The molecule has 0 saturated carbocycles. The molecule has 1 atom stereocenters. The van der Waals surface area contributed by atoms with Gasteiger partial charge in [-0.1, -0.05) is 19.1 Å². The number of hydrogen-bond acceptors (Lipinski definition) is 3. The van der Waals surface area contributed by atoms with Gasteiger partial charge in [-0.3, -0.25) is 9.59 Å². The highest BCUT2D eigenvalue weighted by molar-refractivity contribution is 5.92. The molecule has 0 aromatic heterocycles. The minimum atomic E-state index is -0.953. The van der Waals surface area contributed by atoms with Crippen LogP contribution in [0.5, 0.6) is 0 Å². The molecule has 19 heavy (non-hydrogen) atoms. The molecule has 1 amide bonds. The lowest BCUT2D eigenvalue weighted by Gasteiger charge is -2.05. The van der Waals surface area contributed by atoms with Crippen LogP contribution in [0.2, 0.25) is 0 Å². The number of nitrogens with one attached hydrogen (secondary N) is 1. The lowest BCUT2D eigenvalue weighted by Crippen LogP contribution is -2.30. The molecule has 5 nitrogen and oxygen atoms in total. The molecule has 1 aromatic carbocycles. The lowest BCUT2D eigenvalue weighted by molar-refractivity contribution is -0.141. The molecule has 0 aliphatic carbocycles. The van der Waals surface area contributed by atoms with Crippen LogP contribution in [-0.4, -0.2) is 23.5 Å². The fourth-order valence-corrected chi connectivity index (χ4v) is 1.28. The SMILES string of the molecule is CC(CNC(=O)/C=C/c1cccc(C#N)c1)C(=O)O. The Morgan fingerprint density at radius 1 is 1.53 bits per heavy atom. The van der Waals surface area contributed by atoms with E-state index in [1.54, 1.807) is 30.3 Å². The fraction of sp³-hybridized carbons (Fsp3) is 0.214. The number of carboxylic acid groups (broad SMARTS) is 1. The maximum atomic E-state index is 11.4. The van der Waals surface area contributed by atoms with Crippen LogP contribution in [-0.2, 0) is 9.59 Å². The highest BCUT2D eigenvalue weighted by Gasteiger charge is 2.10. The first-order valence-corrected chi connectivity index (χ1v) is 5.72. The summed E-state index contributed by atoms with van der Waals surface area (Å²) >= 11 is 0. The van der Waals surface area contributed by atoms with Crippen LogP contribution >= 0.6 is 0 Å². The number of carbonyl (C=O) groups excluding carboxylic acids is 1. The smallest absolute Gasteiger partial charge is 0.308 e. The Balaban J connectivity index is 2.54. The molecule has 0 radical (unpaired) electrons. The van der Waals surface area contributed by atoms with Gasteiger partial charge in [0.05, 0.1) is 17.6 Å². The summed E-state index contributed by atoms with van der Waals surface area (Å²) in [6.07, 6.45) is 2.88. The van der Waals surface area contributed by atoms with Crippen molar-refractivity contribution in [3.8, 4) is 6.07 Å². The van der Waals surface area contributed by atoms with Gasteiger partial charge in [0.15, 0.2) is 0 Å². The van der Waals surface area contributed by atoms with Crippen molar-refractivity contribution in [1.82, 2.24) is 5.32 Å². The van der Waals surface area contributed by atoms with Crippen molar-refractivity contribution in [2.45, 2.75) is 6.92 Å². The largest absolute Gasteiger partial charge is 0.481 e. The van der Waals surface area contributed by atoms with Gasteiger partial charge in [0, 0.05) is 12.6 Å². The van der Waals surface area contributed by atoms with Crippen LogP contribution in [0.25, 0.3) is 6.08 Å². The van der Waals surface area contributed by atoms with Crippen molar-refractivity contribution in [2.24, 2.45) is 5.92 Å². The first kappa shape index (κ1) is 14.5. The van der Waals surface area contributed by atoms with Gasteiger partial charge in [-0.15, -0.1) is 0 Å². The molecular formula is C14H14N2O3. The summed E-state index contributed by atoms with van der Waals surface area (Å²) in [5.41, 5.74) is 1.25. The summed E-state index contributed by atoms with van der Waals surface area (Å²) in [6, 6.07) is 8.83. The number of hydrogen-bond donors (Lipinski definition) is 2. The van der Waals surface area contributed by atoms with E-state index in [1.165, 1.54) is 13.0 Å². The van der Waals surface area contributed by atoms with E-state index in [0.29, 0.717) is 5.56 Å². The van der Waals surface area contributed by atoms with E-state index in [4.69, 9.17) is 10.4 Å². The fourth-order valence-electron chi connectivity index (χ4n) is 1.28. The third kappa shape index (κ3) is 5.04. The molecule has 5 heteroatoms. The van der Waals surface area contributed by atoms with Gasteiger partial charge in [0.2, 0.25) is 5.91 Å². The standard InChI is InChI=1S/C14H14N2O3/c1-10(14(18)19)9-16-13(17)6-5-11-3-2-4-12(7-11)8-15/h2-7,10H,9H2,1H3,(H,16,17)(H,18,19)/b6-5+. The topological polar surface area (TPSA) is 90.2 Å². The average molecular weight is 258 g/mol. The maximum absolute atomic E-state index is 11.4. The maximum Gasteiger partial charge on any atom is 0.308 e. The van der Waals surface area contributed by atoms with Crippen LogP contribution in [0, 0.1) is 17.2 Å². The first-order chi connectivity index (χ1) is 9.02. The van der Waals surface area contributed by atoms with Crippen LogP contribution in [0.1, 0.15) is 18.1 Å². The summed E-state index contributed by atoms with van der Waals surface area (Å²) in [7, 11) is 0. The Kier molecular flexibility index (Phi) is 5.30. The van der Waals surface area contributed by atoms with Gasteiger partial charge in [0.1, 0.15) is 0 Å². The van der Waals surface area contributed by atoms with Gasteiger partial charge < -0.3 is 10.4 Å². The second-order valence-corrected chi connectivity index (χ2v) is 4.06. The first-order valence-electron chi connectivity index (χ1n) is 5.72. The Bertz CT molecular complexity index is 544. The summed E-state index contributed by atoms with van der Waals surface area (Å²) in [5, 5.41) is 19.9.